The number of hydrogen-bond acceptors (Lipinski definition) is 3. The lowest BCUT2D eigenvalue weighted by Crippen LogP contribution is -2.14. The Kier molecular flexibility index (Phi) is 6.51. The minimum Gasteiger partial charge on any atom is -0.265 e. The minimum atomic E-state index is -3.74. The van der Waals surface area contributed by atoms with Gasteiger partial charge in [0.2, 0.25) is 0 Å². The lowest BCUT2D eigenvalue weighted by Gasteiger charge is -2.07. The van der Waals surface area contributed by atoms with Crippen LogP contribution >= 0.6 is 15.9 Å². The zero-order valence-corrected chi connectivity index (χ0v) is 17.8. The molecule has 0 atom stereocenters. The Hall–Kier alpha value is -2.19. The molecule has 3 rings (SSSR count). The van der Waals surface area contributed by atoms with Crippen molar-refractivity contribution in [1.29, 1.82) is 0 Å². The maximum absolute atomic E-state index is 13.0. The summed E-state index contributed by atoms with van der Waals surface area (Å²) in [6, 6.07) is 13.0. The number of hydrogen-bond donors (Lipinski definition) is 1. The summed E-state index contributed by atoms with van der Waals surface area (Å²) in [5, 5.41) is 4.28. The molecule has 0 spiro atoms. The predicted octanol–water partition coefficient (Wildman–Crippen LogP) is 4.98. The number of aryl methyl sites for hydroxylation is 1. The molecule has 0 aliphatic heterocycles. The van der Waals surface area contributed by atoms with Crippen molar-refractivity contribution in [3.05, 3.63) is 76.1 Å². The van der Waals surface area contributed by atoms with Gasteiger partial charge in [-0.05, 0) is 64.2 Å². The number of anilines is 1. The zero-order chi connectivity index (χ0) is 20.1. The van der Waals surface area contributed by atoms with Crippen molar-refractivity contribution in [1.82, 2.24) is 9.78 Å². The van der Waals surface area contributed by atoms with Crippen molar-refractivity contribution < 1.29 is 12.8 Å². The number of unbranched alkanes of at least 4 members (excludes halogenated alkanes) is 1. The van der Waals surface area contributed by atoms with Crippen LogP contribution in [0, 0.1) is 5.82 Å². The van der Waals surface area contributed by atoms with E-state index in [9.17, 15) is 12.8 Å². The van der Waals surface area contributed by atoms with Crippen LogP contribution < -0.4 is 4.72 Å². The van der Waals surface area contributed by atoms with Gasteiger partial charge in [0.1, 0.15) is 5.82 Å². The van der Waals surface area contributed by atoms with Crippen LogP contribution in [0.15, 0.2) is 64.1 Å². The molecule has 8 heteroatoms. The summed E-state index contributed by atoms with van der Waals surface area (Å²) in [7, 11) is -3.74. The second-order valence-electron chi connectivity index (χ2n) is 6.50. The number of benzene rings is 2. The Morgan fingerprint density at radius 1 is 1.07 bits per heavy atom. The number of rotatable bonds is 8. The first kappa shape index (κ1) is 20.5. The number of aromatic nitrogens is 2. The van der Waals surface area contributed by atoms with Crippen LogP contribution in [0.3, 0.4) is 0 Å². The highest BCUT2D eigenvalue weighted by Gasteiger charge is 2.18. The van der Waals surface area contributed by atoms with Crippen LogP contribution in [0.4, 0.5) is 10.2 Å². The number of nitrogens with one attached hydrogen (secondary N) is 1. The normalized spacial score (nSPS) is 11.5. The van der Waals surface area contributed by atoms with Gasteiger partial charge in [-0.2, -0.15) is 5.10 Å². The van der Waals surface area contributed by atoms with Crippen LogP contribution in [-0.4, -0.2) is 18.2 Å². The van der Waals surface area contributed by atoms with E-state index in [2.05, 4.69) is 32.7 Å². The summed E-state index contributed by atoms with van der Waals surface area (Å²) in [6.45, 7) is 2.52. The molecule has 1 heterocycles. The second kappa shape index (κ2) is 8.87. The van der Waals surface area contributed by atoms with E-state index in [1.165, 1.54) is 12.1 Å². The topological polar surface area (TPSA) is 64.0 Å². The molecule has 3 aromatic rings. The molecule has 1 aromatic heterocycles. The maximum Gasteiger partial charge on any atom is 0.263 e. The van der Waals surface area contributed by atoms with E-state index in [4.69, 9.17) is 0 Å². The predicted molar refractivity (Wildman–Crippen MR) is 111 cm³/mol. The van der Waals surface area contributed by atoms with E-state index < -0.39 is 10.0 Å². The first-order valence-electron chi connectivity index (χ1n) is 8.96. The van der Waals surface area contributed by atoms with Gasteiger partial charge in [-0.1, -0.05) is 37.6 Å². The summed E-state index contributed by atoms with van der Waals surface area (Å²) in [5.74, 6) is -0.100. The molecule has 0 saturated carbocycles. The van der Waals surface area contributed by atoms with E-state index in [1.807, 2.05) is 12.1 Å². The molecule has 0 unspecified atom stereocenters. The summed E-state index contributed by atoms with van der Waals surface area (Å²) >= 11 is 3.34. The molecule has 0 bridgehead atoms. The SMILES string of the molecule is CCCCc1ccc(S(=O)(=O)Nc2nn(Cc3ccc(F)cc3)cc2Br)cc1. The van der Waals surface area contributed by atoms with E-state index in [1.54, 1.807) is 35.1 Å². The molecule has 0 radical (unpaired) electrons. The third-order valence-electron chi connectivity index (χ3n) is 4.26. The lowest BCUT2D eigenvalue weighted by atomic mass is 10.1. The van der Waals surface area contributed by atoms with E-state index in [0.29, 0.717) is 11.0 Å². The molecular weight excluding hydrogens is 445 g/mol. The molecule has 0 aliphatic rings. The Morgan fingerprint density at radius 2 is 1.71 bits per heavy atom. The van der Waals surface area contributed by atoms with Gasteiger partial charge < -0.3 is 0 Å². The standard InChI is InChI=1S/C20H21BrFN3O2S/c1-2-3-4-15-7-11-18(12-8-15)28(26,27)24-20-19(21)14-25(23-20)13-16-5-9-17(22)10-6-16/h5-12,14H,2-4,13H2,1H3,(H,23,24). The summed E-state index contributed by atoms with van der Waals surface area (Å²) in [6.07, 6.45) is 4.78. The fraction of sp³-hybridized carbons (Fsp3) is 0.250. The van der Waals surface area contributed by atoms with Crippen LogP contribution in [0.1, 0.15) is 30.9 Å². The van der Waals surface area contributed by atoms with Crippen molar-refractivity contribution in [2.75, 3.05) is 4.72 Å². The minimum absolute atomic E-state index is 0.188. The van der Waals surface area contributed by atoms with Crippen molar-refractivity contribution in [2.24, 2.45) is 0 Å². The van der Waals surface area contributed by atoms with Gasteiger partial charge in [-0.15, -0.1) is 0 Å². The van der Waals surface area contributed by atoms with Crippen molar-refractivity contribution in [3.8, 4) is 0 Å². The number of sulfonamides is 1. The number of nitrogens with zero attached hydrogens (tertiary/aromatic N) is 2. The van der Waals surface area contributed by atoms with Crippen LogP contribution in [0.5, 0.6) is 0 Å². The van der Waals surface area contributed by atoms with Gasteiger partial charge in [0, 0.05) is 6.20 Å². The first-order chi connectivity index (χ1) is 13.4. The smallest absolute Gasteiger partial charge is 0.263 e. The maximum atomic E-state index is 13.0. The first-order valence-corrected chi connectivity index (χ1v) is 11.2. The fourth-order valence-electron chi connectivity index (χ4n) is 2.73. The van der Waals surface area contributed by atoms with Crippen molar-refractivity contribution in [2.45, 2.75) is 37.6 Å². The summed E-state index contributed by atoms with van der Waals surface area (Å²) in [4.78, 5) is 0.188. The van der Waals surface area contributed by atoms with E-state index >= 15 is 0 Å². The summed E-state index contributed by atoms with van der Waals surface area (Å²) < 4.78 is 43.0. The zero-order valence-electron chi connectivity index (χ0n) is 15.4. The lowest BCUT2D eigenvalue weighted by molar-refractivity contribution is 0.600. The average Bonchev–Trinajstić information content (AvgIpc) is 3.00. The molecule has 5 nitrogen and oxygen atoms in total. The molecule has 0 aliphatic carbocycles. The fourth-order valence-corrected chi connectivity index (χ4v) is 4.29. The molecule has 2 aromatic carbocycles. The van der Waals surface area contributed by atoms with Crippen LogP contribution in [-0.2, 0) is 23.0 Å². The molecule has 0 fully saturated rings. The Bertz CT molecular complexity index is 1030. The van der Waals surface area contributed by atoms with Gasteiger partial charge in [-0.25, -0.2) is 12.8 Å². The molecule has 1 N–H and O–H groups in total. The highest BCUT2D eigenvalue weighted by molar-refractivity contribution is 9.10. The quantitative estimate of drug-likeness (QED) is 0.510. The van der Waals surface area contributed by atoms with Gasteiger partial charge >= 0.3 is 0 Å². The highest BCUT2D eigenvalue weighted by atomic mass is 79.9. The molecule has 28 heavy (non-hydrogen) atoms. The Morgan fingerprint density at radius 3 is 2.36 bits per heavy atom. The largest absolute Gasteiger partial charge is 0.265 e. The average molecular weight is 466 g/mol. The van der Waals surface area contributed by atoms with Gasteiger partial charge in [0.25, 0.3) is 10.0 Å². The van der Waals surface area contributed by atoms with Gasteiger partial charge in [0.15, 0.2) is 5.82 Å². The molecule has 0 saturated heterocycles. The van der Waals surface area contributed by atoms with Crippen LogP contribution in [0.2, 0.25) is 0 Å². The third kappa shape index (κ3) is 5.20. The van der Waals surface area contributed by atoms with Gasteiger partial charge in [0.05, 0.1) is 15.9 Å². The third-order valence-corrected chi connectivity index (χ3v) is 6.19. The number of halogens is 2. The van der Waals surface area contributed by atoms with E-state index in [0.717, 1.165) is 30.4 Å². The molecule has 148 valence electrons. The Labute approximate surface area is 172 Å². The summed E-state index contributed by atoms with van der Waals surface area (Å²) in [5.41, 5.74) is 1.97. The van der Waals surface area contributed by atoms with Crippen molar-refractivity contribution in [3.63, 3.8) is 0 Å². The van der Waals surface area contributed by atoms with E-state index in [-0.39, 0.29) is 16.5 Å². The Balaban J connectivity index is 1.73. The monoisotopic (exact) mass is 465 g/mol. The van der Waals surface area contributed by atoms with Crippen LogP contribution in [0.25, 0.3) is 0 Å². The molecular formula is C20H21BrFN3O2S. The molecule has 0 amide bonds. The second-order valence-corrected chi connectivity index (χ2v) is 9.04. The van der Waals surface area contributed by atoms with Crippen molar-refractivity contribution >= 4 is 31.8 Å². The highest BCUT2D eigenvalue weighted by Crippen LogP contribution is 2.24. The van der Waals surface area contributed by atoms with Gasteiger partial charge in [-0.3, -0.25) is 9.40 Å².